The van der Waals surface area contributed by atoms with Gasteiger partial charge >= 0.3 is 0 Å². The zero-order valence-electron chi connectivity index (χ0n) is 15.0. The SMILES string of the molecule is Cn1ccc(NC(=O)CN2CCC[C@H](Cc3nc4ccccc4[nH]3)C2)n1. The molecule has 0 unspecified atom stereocenters. The van der Waals surface area contributed by atoms with E-state index in [-0.39, 0.29) is 5.91 Å². The summed E-state index contributed by atoms with van der Waals surface area (Å²) in [7, 11) is 1.84. The second-order valence-electron chi connectivity index (χ2n) is 7.07. The number of aromatic amines is 1. The molecule has 1 aliphatic rings. The third-order valence-corrected chi connectivity index (χ3v) is 4.87. The van der Waals surface area contributed by atoms with E-state index >= 15 is 0 Å². The molecule has 7 nitrogen and oxygen atoms in total. The van der Waals surface area contributed by atoms with Gasteiger partial charge in [0.05, 0.1) is 17.6 Å². The summed E-state index contributed by atoms with van der Waals surface area (Å²) < 4.78 is 1.68. The van der Waals surface area contributed by atoms with Gasteiger partial charge in [0.15, 0.2) is 5.82 Å². The molecule has 0 saturated carbocycles. The molecule has 4 rings (SSSR count). The average molecular weight is 352 g/mol. The third-order valence-electron chi connectivity index (χ3n) is 4.87. The van der Waals surface area contributed by atoms with E-state index in [1.54, 1.807) is 10.7 Å². The number of amides is 1. The highest BCUT2D eigenvalue weighted by Crippen LogP contribution is 2.21. The number of carbonyl (C=O) groups excluding carboxylic acids is 1. The zero-order valence-corrected chi connectivity index (χ0v) is 15.0. The lowest BCUT2D eigenvalue weighted by molar-refractivity contribution is -0.117. The van der Waals surface area contributed by atoms with Crippen molar-refractivity contribution in [1.29, 1.82) is 0 Å². The zero-order chi connectivity index (χ0) is 17.9. The summed E-state index contributed by atoms with van der Waals surface area (Å²) >= 11 is 0. The molecule has 1 aliphatic heterocycles. The molecular weight excluding hydrogens is 328 g/mol. The Labute approximate surface area is 152 Å². The van der Waals surface area contributed by atoms with Crippen LogP contribution in [-0.2, 0) is 18.3 Å². The number of H-pyrrole nitrogens is 1. The molecule has 136 valence electrons. The molecule has 0 aliphatic carbocycles. The molecule has 1 saturated heterocycles. The Hall–Kier alpha value is -2.67. The van der Waals surface area contributed by atoms with Gasteiger partial charge in [-0.3, -0.25) is 14.4 Å². The molecule has 1 aromatic carbocycles. The van der Waals surface area contributed by atoms with Gasteiger partial charge in [-0.05, 0) is 37.4 Å². The van der Waals surface area contributed by atoms with Crippen LogP contribution in [0.25, 0.3) is 11.0 Å². The molecule has 1 fully saturated rings. The predicted molar refractivity (Wildman–Crippen MR) is 101 cm³/mol. The quantitative estimate of drug-likeness (QED) is 0.738. The van der Waals surface area contributed by atoms with Gasteiger partial charge < -0.3 is 10.3 Å². The number of aromatic nitrogens is 4. The number of aryl methyl sites for hydroxylation is 1. The number of benzene rings is 1. The van der Waals surface area contributed by atoms with Crippen molar-refractivity contribution in [1.82, 2.24) is 24.6 Å². The molecule has 1 atom stereocenters. The number of nitrogens with zero attached hydrogens (tertiary/aromatic N) is 4. The van der Waals surface area contributed by atoms with E-state index in [2.05, 4.69) is 31.3 Å². The summed E-state index contributed by atoms with van der Waals surface area (Å²) in [6, 6.07) is 9.92. The lowest BCUT2D eigenvalue weighted by atomic mass is 9.94. The van der Waals surface area contributed by atoms with E-state index in [9.17, 15) is 4.79 Å². The summed E-state index contributed by atoms with van der Waals surface area (Å²) in [6.45, 7) is 2.30. The van der Waals surface area contributed by atoms with Gasteiger partial charge in [0, 0.05) is 32.3 Å². The lowest BCUT2D eigenvalue weighted by Gasteiger charge is -2.31. The average Bonchev–Trinajstić information content (AvgIpc) is 3.20. The largest absolute Gasteiger partial charge is 0.342 e. The second-order valence-corrected chi connectivity index (χ2v) is 7.07. The maximum absolute atomic E-state index is 12.3. The highest BCUT2D eigenvalue weighted by molar-refractivity contribution is 5.91. The van der Waals surface area contributed by atoms with E-state index in [4.69, 9.17) is 0 Å². The monoisotopic (exact) mass is 352 g/mol. The fourth-order valence-corrected chi connectivity index (χ4v) is 3.70. The Bertz CT molecular complexity index is 865. The van der Waals surface area contributed by atoms with Crippen LogP contribution in [0.3, 0.4) is 0 Å². The van der Waals surface area contributed by atoms with Crippen LogP contribution in [-0.4, -0.2) is 50.2 Å². The topological polar surface area (TPSA) is 78.8 Å². The molecular formula is C19H24N6O. The maximum Gasteiger partial charge on any atom is 0.239 e. The van der Waals surface area contributed by atoms with E-state index in [1.165, 1.54) is 6.42 Å². The number of nitrogens with one attached hydrogen (secondary N) is 2. The summed E-state index contributed by atoms with van der Waals surface area (Å²) in [5.74, 6) is 2.16. The molecule has 0 radical (unpaired) electrons. The molecule has 2 aromatic heterocycles. The summed E-state index contributed by atoms with van der Waals surface area (Å²) in [6.07, 6.45) is 5.03. The number of para-hydroxylation sites is 2. The van der Waals surface area contributed by atoms with Crippen molar-refractivity contribution in [2.75, 3.05) is 25.0 Å². The van der Waals surface area contributed by atoms with Gasteiger partial charge in [-0.15, -0.1) is 0 Å². The van der Waals surface area contributed by atoms with Gasteiger partial charge in [0.1, 0.15) is 5.82 Å². The van der Waals surface area contributed by atoms with Gasteiger partial charge in [-0.2, -0.15) is 5.10 Å². The van der Waals surface area contributed by atoms with Crippen LogP contribution in [0.4, 0.5) is 5.82 Å². The molecule has 3 heterocycles. The number of carbonyl (C=O) groups is 1. The molecule has 7 heteroatoms. The number of rotatable bonds is 5. The van der Waals surface area contributed by atoms with Gasteiger partial charge in [-0.25, -0.2) is 4.98 Å². The molecule has 1 amide bonds. The minimum absolute atomic E-state index is 0.00640. The van der Waals surface area contributed by atoms with Crippen molar-refractivity contribution in [2.24, 2.45) is 13.0 Å². The minimum atomic E-state index is -0.00640. The fraction of sp³-hybridized carbons (Fsp3) is 0.421. The molecule has 0 spiro atoms. The van der Waals surface area contributed by atoms with E-state index in [1.807, 2.05) is 31.4 Å². The van der Waals surface area contributed by atoms with Crippen molar-refractivity contribution in [3.05, 3.63) is 42.4 Å². The van der Waals surface area contributed by atoms with Gasteiger partial charge in [0.2, 0.25) is 5.91 Å². The van der Waals surface area contributed by atoms with E-state index < -0.39 is 0 Å². The van der Waals surface area contributed by atoms with Crippen LogP contribution in [0.5, 0.6) is 0 Å². The van der Waals surface area contributed by atoms with Crippen molar-refractivity contribution < 1.29 is 4.79 Å². The predicted octanol–water partition coefficient (Wildman–Crippen LogP) is 2.19. The Morgan fingerprint density at radius 3 is 3.04 bits per heavy atom. The first kappa shape index (κ1) is 16.8. The Morgan fingerprint density at radius 1 is 1.35 bits per heavy atom. The van der Waals surface area contributed by atoms with Crippen LogP contribution in [0.2, 0.25) is 0 Å². The molecule has 26 heavy (non-hydrogen) atoms. The molecule has 2 N–H and O–H groups in total. The Kier molecular flexibility index (Phi) is 4.71. The first-order valence-corrected chi connectivity index (χ1v) is 9.11. The van der Waals surface area contributed by atoms with Gasteiger partial charge in [-0.1, -0.05) is 12.1 Å². The van der Waals surface area contributed by atoms with Crippen LogP contribution in [0, 0.1) is 5.92 Å². The standard InChI is InChI=1S/C19H24N6O/c1-24-10-8-17(23-24)22-19(26)13-25-9-4-5-14(12-25)11-18-20-15-6-2-3-7-16(15)21-18/h2-3,6-8,10,14H,4-5,9,11-13H2,1H3,(H,20,21)(H,22,23,26)/t14-/m1/s1. The summed E-state index contributed by atoms with van der Waals surface area (Å²) in [5, 5.41) is 7.05. The van der Waals surface area contributed by atoms with Crippen molar-refractivity contribution >= 4 is 22.8 Å². The first-order valence-electron chi connectivity index (χ1n) is 9.11. The highest BCUT2D eigenvalue weighted by atomic mass is 16.2. The van der Waals surface area contributed by atoms with Gasteiger partial charge in [0.25, 0.3) is 0 Å². The minimum Gasteiger partial charge on any atom is -0.342 e. The first-order chi connectivity index (χ1) is 12.7. The fourth-order valence-electron chi connectivity index (χ4n) is 3.70. The Morgan fingerprint density at radius 2 is 2.23 bits per heavy atom. The van der Waals surface area contributed by atoms with E-state index in [0.29, 0.717) is 18.3 Å². The number of likely N-dealkylation sites (tertiary alicyclic amines) is 1. The van der Waals surface area contributed by atoms with Crippen LogP contribution in [0.15, 0.2) is 36.5 Å². The summed E-state index contributed by atoms with van der Waals surface area (Å²) in [4.78, 5) is 22.6. The van der Waals surface area contributed by atoms with Crippen molar-refractivity contribution in [3.8, 4) is 0 Å². The third kappa shape index (κ3) is 3.94. The highest BCUT2D eigenvalue weighted by Gasteiger charge is 2.23. The summed E-state index contributed by atoms with van der Waals surface area (Å²) in [5.41, 5.74) is 2.11. The number of imidazole rings is 1. The van der Waals surface area contributed by atoms with E-state index in [0.717, 1.165) is 42.8 Å². The number of anilines is 1. The molecule has 0 bridgehead atoms. The lowest BCUT2D eigenvalue weighted by Crippen LogP contribution is -2.41. The van der Waals surface area contributed by atoms with Crippen LogP contribution in [0.1, 0.15) is 18.7 Å². The van der Waals surface area contributed by atoms with Crippen LogP contribution >= 0.6 is 0 Å². The maximum atomic E-state index is 12.3. The number of fused-ring (bicyclic) bond motifs is 1. The normalized spacial score (nSPS) is 18.3. The molecule has 3 aromatic rings. The van der Waals surface area contributed by atoms with Crippen LogP contribution < -0.4 is 5.32 Å². The van der Waals surface area contributed by atoms with Crippen molar-refractivity contribution in [3.63, 3.8) is 0 Å². The number of hydrogen-bond acceptors (Lipinski definition) is 4. The number of hydrogen-bond donors (Lipinski definition) is 2. The smallest absolute Gasteiger partial charge is 0.239 e. The second kappa shape index (κ2) is 7.29. The number of piperidine rings is 1. The Balaban J connectivity index is 1.32. The van der Waals surface area contributed by atoms with Crippen molar-refractivity contribution in [2.45, 2.75) is 19.3 Å².